The molecule has 1 heterocycles. The first-order valence-electron chi connectivity index (χ1n) is 5.92. The molecule has 1 aromatic carbocycles. The second-order valence-electron chi connectivity index (χ2n) is 4.51. The minimum Gasteiger partial charge on any atom is -0.389 e. The molecule has 2 nitrogen and oxygen atoms in total. The normalized spacial score (nSPS) is 22.6. The standard InChI is InChI=1S/C13H18FNOS/c1-9-8-15(5-6-17-9)13-4-3-11(14)7-12(13)10(2)16/h3-4,7,9-10,16H,5-6,8H2,1-2H3/t9?,10-/m1/s1. The number of aliphatic hydroxyl groups is 1. The zero-order valence-electron chi connectivity index (χ0n) is 10.2. The Kier molecular flexibility index (Phi) is 3.94. The van der Waals surface area contributed by atoms with E-state index in [0.29, 0.717) is 10.8 Å². The molecule has 1 saturated heterocycles. The lowest BCUT2D eigenvalue weighted by Gasteiger charge is -2.34. The van der Waals surface area contributed by atoms with Crippen LogP contribution < -0.4 is 4.90 Å². The van der Waals surface area contributed by atoms with E-state index in [9.17, 15) is 9.50 Å². The first kappa shape index (κ1) is 12.7. The van der Waals surface area contributed by atoms with Gasteiger partial charge in [-0.2, -0.15) is 11.8 Å². The lowest BCUT2D eigenvalue weighted by molar-refractivity contribution is 0.199. The van der Waals surface area contributed by atoms with Gasteiger partial charge in [-0.25, -0.2) is 4.39 Å². The third-order valence-corrected chi connectivity index (χ3v) is 4.16. The summed E-state index contributed by atoms with van der Waals surface area (Å²) in [6.45, 7) is 5.79. The molecule has 4 heteroatoms. The number of benzene rings is 1. The maximum Gasteiger partial charge on any atom is 0.123 e. The van der Waals surface area contributed by atoms with Gasteiger partial charge in [-0.15, -0.1) is 0 Å². The lowest BCUT2D eigenvalue weighted by Crippen LogP contribution is -2.37. The van der Waals surface area contributed by atoms with Crippen molar-refractivity contribution in [1.29, 1.82) is 0 Å². The van der Waals surface area contributed by atoms with Crippen LogP contribution in [0.4, 0.5) is 10.1 Å². The first-order valence-corrected chi connectivity index (χ1v) is 6.97. The highest BCUT2D eigenvalue weighted by molar-refractivity contribution is 8.00. The van der Waals surface area contributed by atoms with Crippen LogP contribution in [0.25, 0.3) is 0 Å². The molecule has 0 bridgehead atoms. The van der Waals surface area contributed by atoms with Gasteiger partial charge >= 0.3 is 0 Å². The van der Waals surface area contributed by atoms with Crippen molar-refractivity contribution in [1.82, 2.24) is 0 Å². The van der Waals surface area contributed by atoms with Gasteiger partial charge in [0.25, 0.3) is 0 Å². The molecule has 94 valence electrons. The number of halogens is 1. The predicted molar refractivity (Wildman–Crippen MR) is 71.2 cm³/mol. The summed E-state index contributed by atoms with van der Waals surface area (Å²) in [6.07, 6.45) is -0.634. The van der Waals surface area contributed by atoms with E-state index in [1.807, 2.05) is 11.8 Å². The Labute approximate surface area is 106 Å². The monoisotopic (exact) mass is 255 g/mol. The third-order valence-electron chi connectivity index (χ3n) is 3.02. The van der Waals surface area contributed by atoms with E-state index in [1.165, 1.54) is 12.1 Å². The molecular weight excluding hydrogens is 237 g/mol. The fourth-order valence-corrected chi connectivity index (χ4v) is 3.20. The zero-order chi connectivity index (χ0) is 12.4. The summed E-state index contributed by atoms with van der Waals surface area (Å²) in [6, 6.07) is 4.68. The molecule has 17 heavy (non-hydrogen) atoms. The van der Waals surface area contributed by atoms with Crippen LogP contribution >= 0.6 is 11.8 Å². The molecule has 0 aromatic heterocycles. The average Bonchev–Trinajstić information content (AvgIpc) is 2.28. The average molecular weight is 255 g/mol. The summed E-state index contributed by atoms with van der Waals surface area (Å²) >= 11 is 1.96. The van der Waals surface area contributed by atoms with Crippen LogP contribution in [0.5, 0.6) is 0 Å². The first-order chi connectivity index (χ1) is 8.08. The van der Waals surface area contributed by atoms with Gasteiger partial charge in [0.15, 0.2) is 0 Å². The van der Waals surface area contributed by atoms with E-state index in [-0.39, 0.29) is 5.82 Å². The molecule has 1 fully saturated rings. The van der Waals surface area contributed by atoms with Crippen LogP contribution in [0, 0.1) is 5.82 Å². The molecule has 2 rings (SSSR count). The Hall–Kier alpha value is -0.740. The van der Waals surface area contributed by atoms with Gasteiger partial charge in [0.1, 0.15) is 5.82 Å². The fourth-order valence-electron chi connectivity index (χ4n) is 2.19. The summed E-state index contributed by atoms with van der Waals surface area (Å²) in [5.74, 6) is 0.793. The van der Waals surface area contributed by atoms with Crippen molar-refractivity contribution < 1.29 is 9.50 Å². The maximum absolute atomic E-state index is 13.2. The van der Waals surface area contributed by atoms with Gasteiger partial charge in [0.2, 0.25) is 0 Å². The molecule has 0 saturated carbocycles. The second kappa shape index (κ2) is 5.27. The van der Waals surface area contributed by atoms with Crippen LogP contribution in [0.3, 0.4) is 0 Å². The van der Waals surface area contributed by atoms with E-state index >= 15 is 0 Å². The van der Waals surface area contributed by atoms with E-state index < -0.39 is 6.10 Å². The Morgan fingerprint density at radius 3 is 2.94 bits per heavy atom. The molecule has 0 radical (unpaired) electrons. The molecule has 0 amide bonds. The minimum atomic E-state index is -0.634. The number of thioether (sulfide) groups is 1. The van der Waals surface area contributed by atoms with Crippen molar-refractivity contribution in [2.24, 2.45) is 0 Å². The number of rotatable bonds is 2. The third kappa shape index (κ3) is 2.93. The van der Waals surface area contributed by atoms with E-state index in [0.717, 1.165) is 24.5 Å². The molecule has 1 aromatic rings. The summed E-state index contributed by atoms with van der Waals surface area (Å²) < 4.78 is 13.2. The summed E-state index contributed by atoms with van der Waals surface area (Å²) in [7, 11) is 0. The largest absolute Gasteiger partial charge is 0.389 e. The molecule has 0 aliphatic carbocycles. The van der Waals surface area contributed by atoms with E-state index in [1.54, 1.807) is 13.0 Å². The SMILES string of the molecule is CC1CN(c2ccc(F)cc2[C@@H](C)O)CCS1. The molecule has 0 spiro atoms. The van der Waals surface area contributed by atoms with Crippen molar-refractivity contribution in [2.45, 2.75) is 25.2 Å². The number of anilines is 1. The Morgan fingerprint density at radius 1 is 1.53 bits per heavy atom. The second-order valence-corrected chi connectivity index (χ2v) is 6.05. The Bertz CT molecular complexity index is 397. The molecule has 1 N–H and O–H groups in total. The lowest BCUT2D eigenvalue weighted by atomic mass is 10.1. The zero-order valence-corrected chi connectivity index (χ0v) is 11.0. The van der Waals surface area contributed by atoms with Crippen LogP contribution in [0.15, 0.2) is 18.2 Å². The van der Waals surface area contributed by atoms with Crippen molar-refractivity contribution in [2.75, 3.05) is 23.7 Å². The van der Waals surface area contributed by atoms with Gasteiger partial charge in [0, 0.05) is 35.3 Å². The van der Waals surface area contributed by atoms with Gasteiger partial charge in [-0.05, 0) is 25.1 Å². The highest BCUT2D eigenvalue weighted by Gasteiger charge is 2.20. The molecule has 1 unspecified atom stereocenters. The topological polar surface area (TPSA) is 23.5 Å². The maximum atomic E-state index is 13.2. The Morgan fingerprint density at radius 2 is 2.29 bits per heavy atom. The van der Waals surface area contributed by atoms with E-state index in [4.69, 9.17) is 0 Å². The number of hydrogen-bond acceptors (Lipinski definition) is 3. The van der Waals surface area contributed by atoms with Crippen LogP contribution in [0.1, 0.15) is 25.5 Å². The summed E-state index contributed by atoms with van der Waals surface area (Å²) in [4.78, 5) is 2.24. The summed E-state index contributed by atoms with van der Waals surface area (Å²) in [5, 5.41) is 10.3. The van der Waals surface area contributed by atoms with Crippen LogP contribution in [-0.4, -0.2) is 29.2 Å². The van der Waals surface area contributed by atoms with Gasteiger partial charge < -0.3 is 10.0 Å². The van der Waals surface area contributed by atoms with Crippen molar-refractivity contribution in [3.05, 3.63) is 29.6 Å². The number of nitrogens with zero attached hydrogens (tertiary/aromatic N) is 1. The van der Waals surface area contributed by atoms with Crippen LogP contribution in [0.2, 0.25) is 0 Å². The Balaban J connectivity index is 2.30. The van der Waals surface area contributed by atoms with Crippen molar-refractivity contribution in [3.8, 4) is 0 Å². The number of hydrogen-bond donors (Lipinski definition) is 1. The fraction of sp³-hybridized carbons (Fsp3) is 0.538. The quantitative estimate of drug-likeness (QED) is 0.879. The van der Waals surface area contributed by atoms with Crippen molar-refractivity contribution >= 4 is 17.4 Å². The van der Waals surface area contributed by atoms with Gasteiger partial charge in [-0.1, -0.05) is 6.92 Å². The molecule has 1 aliphatic heterocycles. The van der Waals surface area contributed by atoms with Gasteiger partial charge in [0.05, 0.1) is 6.10 Å². The molecule has 2 atom stereocenters. The minimum absolute atomic E-state index is 0.288. The van der Waals surface area contributed by atoms with Gasteiger partial charge in [-0.3, -0.25) is 0 Å². The molecular formula is C13H18FNOS. The predicted octanol–water partition coefficient (Wildman–Crippen LogP) is 2.82. The van der Waals surface area contributed by atoms with Crippen molar-refractivity contribution in [3.63, 3.8) is 0 Å². The molecule has 1 aliphatic rings. The highest BCUT2D eigenvalue weighted by Crippen LogP contribution is 2.30. The highest BCUT2D eigenvalue weighted by atomic mass is 32.2. The summed E-state index contributed by atoms with van der Waals surface area (Å²) in [5.41, 5.74) is 1.65. The smallest absolute Gasteiger partial charge is 0.123 e. The van der Waals surface area contributed by atoms with E-state index in [2.05, 4.69) is 11.8 Å². The van der Waals surface area contributed by atoms with Crippen LogP contribution in [-0.2, 0) is 0 Å². The number of aliphatic hydroxyl groups excluding tert-OH is 1.